The maximum absolute atomic E-state index is 12.1. The molecule has 5 nitrogen and oxygen atoms in total. The third-order valence-corrected chi connectivity index (χ3v) is 4.57. The number of benzene rings is 2. The number of nitriles is 1. The molecule has 0 aliphatic carbocycles. The van der Waals surface area contributed by atoms with Gasteiger partial charge in [0, 0.05) is 11.3 Å². The topological polar surface area (TPSA) is 87.0 Å². The highest BCUT2D eigenvalue weighted by Crippen LogP contribution is 2.13. The molecule has 6 heteroatoms. The minimum absolute atomic E-state index is 0.0157. The van der Waals surface area contributed by atoms with Gasteiger partial charge in [-0.1, -0.05) is 18.2 Å². The molecule has 0 amide bonds. The van der Waals surface area contributed by atoms with Crippen molar-refractivity contribution in [2.45, 2.75) is 6.92 Å². The van der Waals surface area contributed by atoms with Gasteiger partial charge in [-0.2, -0.15) is 5.26 Å². The van der Waals surface area contributed by atoms with E-state index in [1.54, 1.807) is 61.5 Å². The van der Waals surface area contributed by atoms with Crippen LogP contribution in [0.5, 0.6) is 0 Å². The standard InChI is InChI=1S/C18H16N2O3S/c1-2-24(22,23)20-17-9-7-16(8-10-17)18(21)11-6-14-4-3-5-15(12-14)13-19/h3-12,20H,2H2,1H3/b11-6+. The van der Waals surface area contributed by atoms with Crippen molar-refractivity contribution in [3.8, 4) is 6.07 Å². The number of nitrogens with zero attached hydrogens (tertiary/aromatic N) is 1. The zero-order valence-corrected chi connectivity index (χ0v) is 13.9. The molecule has 0 aliphatic heterocycles. The number of allylic oxidation sites excluding steroid dienone is 1. The van der Waals surface area contributed by atoms with Crippen LogP contribution in [0.3, 0.4) is 0 Å². The number of sulfonamides is 1. The number of hydrogen-bond acceptors (Lipinski definition) is 4. The second-order valence-electron chi connectivity index (χ2n) is 5.02. The summed E-state index contributed by atoms with van der Waals surface area (Å²) < 4.78 is 25.4. The molecular formula is C18H16N2O3S. The lowest BCUT2D eigenvalue weighted by atomic mass is 10.1. The summed E-state index contributed by atoms with van der Waals surface area (Å²) in [6.07, 6.45) is 3.05. The first-order valence-electron chi connectivity index (χ1n) is 7.26. The Labute approximate surface area is 141 Å². The summed E-state index contributed by atoms with van der Waals surface area (Å²) in [5.41, 5.74) is 2.15. The summed E-state index contributed by atoms with van der Waals surface area (Å²) in [6, 6.07) is 15.2. The number of ketones is 1. The molecule has 24 heavy (non-hydrogen) atoms. The van der Waals surface area contributed by atoms with Gasteiger partial charge in [-0.05, 0) is 55.0 Å². The maximum atomic E-state index is 12.1. The molecule has 0 aliphatic rings. The Morgan fingerprint density at radius 1 is 1.21 bits per heavy atom. The van der Waals surface area contributed by atoms with Crippen molar-refractivity contribution in [2.75, 3.05) is 10.5 Å². The van der Waals surface area contributed by atoms with Gasteiger partial charge in [0.25, 0.3) is 0 Å². The molecule has 0 saturated heterocycles. The lowest BCUT2D eigenvalue weighted by molar-refractivity contribution is 0.104. The first kappa shape index (κ1) is 17.4. The van der Waals surface area contributed by atoms with Gasteiger partial charge < -0.3 is 0 Å². The van der Waals surface area contributed by atoms with E-state index >= 15 is 0 Å². The molecule has 2 rings (SSSR count). The van der Waals surface area contributed by atoms with Gasteiger partial charge in [0.05, 0.1) is 17.4 Å². The zero-order chi connectivity index (χ0) is 17.6. The Balaban J connectivity index is 2.10. The van der Waals surface area contributed by atoms with Gasteiger partial charge in [-0.25, -0.2) is 8.42 Å². The van der Waals surface area contributed by atoms with Gasteiger partial charge in [0.2, 0.25) is 10.0 Å². The second-order valence-corrected chi connectivity index (χ2v) is 7.03. The van der Waals surface area contributed by atoms with Gasteiger partial charge in [0.1, 0.15) is 0 Å². The van der Waals surface area contributed by atoms with E-state index in [1.807, 2.05) is 6.07 Å². The summed E-state index contributed by atoms with van der Waals surface area (Å²) >= 11 is 0. The molecule has 0 fully saturated rings. The lowest BCUT2D eigenvalue weighted by Crippen LogP contribution is -2.14. The number of nitrogens with one attached hydrogen (secondary N) is 1. The van der Waals surface area contributed by atoms with Crippen molar-refractivity contribution in [1.82, 2.24) is 0 Å². The van der Waals surface area contributed by atoms with Gasteiger partial charge in [-0.15, -0.1) is 0 Å². The van der Waals surface area contributed by atoms with Crippen LogP contribution in [-0.4, -0.2) is 20.0 Å². The van der Waals surface area contributed by atoms with E-state index in [0.29, 0.717) is 16.8 Å². The maximum Gasteiger partial charge on any atom is 0.232 e. The minimum Gasteiger partial charge on any atom is -0.289 e. The Morgan fingerprint density at radius 2 is 1.92 bits per heavy atom. The van der Waals surface area contributed by atoms with Crippen molar-refractivity contribution in [2.24, 2.45) is 0 Å². The molecule has 2 aromatic rings. The average molecular weight is 340 g/mol. The van der Waals surface area contributed by atoms with E-state index in [9.17, 15) is 13.2 Å². The highest BCUT2D eigenvalue weighted by atomic mass is 32.2. The fourth-order valence-corrected chi connectivity index (χ4v) is 2.57. The fraction of sp³-hybridized carbons (Fsp3) is 0.111. The molecule has 0 radical (unpaired) electrons. The van der Waals surface area contributed by atoms with Crippen LogP contribution >= 0.6 is 0 Å². The quantitative estimate of drug-likeness (QED) is 0.646. The van der Waals surface area contributed by atoms with Gasteiger partial charge >= 0.3 is 0 Å². The van der Waals surface area contributed by atoms with Crippen molar-refractivity contribution in [1.29, 1.82) is 5.26 Å². The average Bonchev–Trinajstić information content (AvgIpc) is 2.60. The summed E-state index contributed by atoms with van der Waals surface area (Å²) in [5.74, 6) is -0.222. The van der Waals surface area contributed by atoms with E-state index < -0.39 is 10.0 Å². The van der Waals surface area contributed by atoms with E-state index in [4.69, 9.17) is 5.26 Å². The SMILES string of the molecule is CCS(=O)(=O)Nc1ccc(C(=O)/C=C/c2cccc(C#N)c2)cc1. The smallest absolute Gasteiger partial charge is 0.232 e. The van der Waals surface area contributed by atoms with Crippen LogP contribution in [0, 0.1) is 11.3 Å². The third kappa shape index (κ3) is 4.80. The first-order chi connectivity index (χ1) is 11.4. The van der Waals surface area contributed by atoms with E-state index in [2.05, 4.69) is 4.72 Å². The molecular weight excluding hydrogens is 324 g/mol. The predicted molar refractivity (Wildman–Crippen MR) is 94.0 cm³/mol. The van der Waals surface area contributed by atoms with Gasteiger partial charge in [-0.3, -0.25) is 9.52 Å². The molecule has 0 unspecified atom stereocenters. The molecule has 2 aromatic carbocycles. The minimum atomic E-state index is -3.33. The van der Waals surface area contributed by atoms with Crippen molar-refractivity contribution < 1.29 is 13.2 Å². The number of anilines is 1. The summed E-state index contributed by atoms with van der Waals surface area (Å²) in [5, 5.41) is 8.85. The van der Waals surface area contributed by atoms with Crippen molar-refractivity contribution >= 4 is 27.6 Å². The van der Waals surface area contributed by atoms with Crippen LogP contribution in [-0.2, 0) is 10.0 Å². The molecule has 0 aromatic heterocycles. The van der Waals surface area contributed by atoms with Crippen LogP contribution in [0.15, 0.2) is 54.6 Å². The van der Waals surface area contributed by atoms with Crippen LogP contribution in [0.1, 0.15) is 28.4 Å². The Kier molecular flexibility index (Phi) is 5.51. The first-order valence-corrected chi connectivity index (χ1v) is 8.92. The molecule has 1 N–H and O–H groups in total. The summed E-state index contributed by atoms with van der Waals surface area (Å²) in [6.45, 7) is 1.55. The second kappa shape index (κ2) is 7.57. The van der Waals surface area contributed by atoms with Crippen LogP contribution in [0.25, 0.3) is 6.08 Å². The monoisotopic (exact) mass is 340 g/mol. The Hall–Kier alpha value is -2.91. The lowest BCUT2D eigenvalue weighted by Gasteiger charge is -2.06. The van der Waals surface area contributed by atoms with Gasteiger partial charge in [0.15, 0.2) is 5.78 Å². The fourth-order valence-electron chi connectivity index (χ4n) is 1.93. The molecule has 0 spiro atoms. The van der Waals surface area contributed by atoms with Crippen LogP contribution in [0.2, 0.25) is 0 Å². The molecule has 0 atom stereocenters. The van der Waals surface area contributed by atoms with Crippen LogP contribution < -0.4 is 4.72 Å². The van der Waals surface area contributed by atoms with E-state index in [1.165, 1.54) is 6.08 Å². The molecule has 0 heterocycles. The highest BCUT2D eigenvalue weighted by molar-refractivity contribution is 7.92. The largest absolute Gasteiger partial charge is 0.289 e. The predicted octanol–water partition coefficient (Wildman–Crippen LogP) is 3.22. The Morgan fingerprint density at radius 3 is 2.54 bits per heavy atom. The number of hydrogen-bond donors (Lipinski definition) is 1. The number of rotatable bonds is 6. The van der Waals surface area contributed by atoms with E-state index in [-0.39, 0.29) is 11.5 Å². The third-order valence-electron chi connectivity index (χ3n) is 3.27. The normalized spacial score (nSPS) is 11.2. The van der Waals surface area contributed by atoms with Crippen molar-refractivity contribution in [3.05, 3.63) is 71.3 Å². The summed E-state index contributed by atoms with van der Waals surface area (Å²) in [7, 11) is -3.33. The molecule has 0 bridgehead atoms. The zero-order valence-electron chi connectivity index (χ0n) is 13.1. The van der Waals surface area contributed by atoms with Crippen molar-refractivity contribution in [3.63, 3.8) is 0 Å². The highest BCUT2D eigenvalue weighted by Gasteiger charge is 2.07. The molecule has 122 valence electrons. The Bertz CT molecular complexity index is 908. The van der Waals surface area contributed by atoms with E-state index in [0.717, 1.165) is 5.56 Å². The molecule has 0 saturated carbocycles. The van der Waals surface area contributed by atoms with Crippen LogP contribution in [0.4, 0.5) is 5.69 Å². The number of carbonyl (C=O) groups is 1. The summed E-state index contributed by atoms with van der Waals surface area (Å²) in [4.78, 5) is 12.1. The number of carbonyl (C=O) groups excluding carboxylic acids is 1.